The number of hydrogen-bond acceptors (Lipinski definition) is 7. The molecular weight excluding hydrogens is 515 g/mol. The number of thiophene rings is 1. The summed E-state index contributed by atoms with van der Waals surface area (Å²) < 4.78 is 15.6. The third kappa shape index (κ3) is 5.57. The van der Waals surface area contributed by atoms with Crippen LogP contribution in [0.3, 0.4) is 0 Å². The normalized spacial score (nSPS) is 13.6. The molecule has 2 aromatic carbocycles. The summed E-state index contributed by atoms with van der Waals surface area (Å²) in [5.74, 6) is -0.448. The van der Waals surface area contributed by atoms with E-state index in [2.05, 4.69) is 30.7 Å². The number of carbonyl (C=O) groups excluding carboxylic acids is 1. The number of aromatic nitrogens is 3. The van der Waals surface area contributed by atoms with E-state index in [1.54, 1.807) is 18.2 Å². The van der Waals surface area contributed by atoms with Gasteiger partial charge in [-0.25, -0.2) is 14.5 Å². The maximum absolute atomic E-state index is 14.6. The van der Waals surface area contributed by atoms with Gasteiger partial charge < -0.3 is 10.6 Å². The quantitative estimate of drug-likeness (QED) is 0.242. The standard InChI is InChI=1S/C29H25FN6O2S/c30-21-9-8-19(13-23(21)33-29(38)26-14-20-5-1-2-6-25(20)39-26)22-15-24(28(37)35-34-22)32-27-10-7-18(16-31-27)17-36-11-3-4-12-36/h1-2,5-10,13-16H,3-4,11-12,17H2,(H,33,38)(H,35,37)(H,31,32,34). The second-order valence-corrected chi connectivity index (χ2v) is 10.5. The Labute approximate surface area is 227 Å². The fraction of sp³-hybridized carbons (Fsp3) is 0.172. The number of rotatable bonds is 7. The Balaban J connectivity index is 1.20. The highest BCUT2D eigenvalue weighted by atomic mass is 32.1. The van der Waals surface area contributed by atoms with E-state index in [1.165, 1.54) is 36.3 Å². The van der Waals surface area contributed by atoms with Crippen molar-refractivity contribution in [2.24, 2.45) is 0 Å². The molecule has 0 bridgehead atoms. The van der Waals surface area contributed by atoms with Crippen molar-refractivity contribution in [3.63, 3.8) is 0 Å². The Kier molecular flexibility index (Phi) is 6.87. The number of anilines is 3. The van der Waals surface area contributed by atoms with Crippen molar-refractivity contribution >= 4 is 44.5 Å². The van der Waals surface area contributed by atoms with Crippen molar-refractivity contribution in [2.75, 3.05) is 23.7 Å². The number of pyridine rings is 1. The lowest BCUT2D eigenvalue weighted by atomic mass is 10.1. The van der Waals surface area contributed by atoms with Crippen LogP contribution < -0.4 is 16.2 Å². The number of nitrogens with one attached hydrogen (secondary N) is 3. The van der Waals surface area contributed by atoms with E-state index in [4.69, 9.17) is 0 Å². The number of carbonyl (C=O) groups is 1. The fourth-order valence-electron chi connectivity index (χ4n) is 4.63. The zero-order chi connectivity index (χ0) is 26.8. The molecule has 5 aromatic rings. The van der Waals surface area contributed by atoms with Gasteiger partial charge in [0.1, 0.15) is 17.3 Å². The number of benzene rings is 2. The zero-order valence-corrected chi connectivity index (χ0v) is 21.7. The summed E-state index contributed by atoms with van der Waals surface area (Å²) in [5, 5.41) is 13.3. The number of H-pyrrole nitrogens is 1. The predicted molar refractivity (Wildman–Crippen MR) is 152 cm³/mol. The van der Waals surface area contributed by atoms with Gasteiger partial charge in [-0.3, -0.25) is 14.5 Å². The molecule has 1 saturated heterocycles. The smallest absolute Gasteiger partial charge is 0.287 e. The molecule has 1 amide bonds. The van der Waals surface area contributed by atoms with E-state index in [9.17, 15) is 14.0 Å². The first-order valence-electron chi connectivity index (χ1n) is 12.7. The van der Waals surface area contributed by atoms with E-state index < -0.39 is 17.3 Å². The summed E-state index contributed by atoms with van der Waals surface area (Å²) in [5.41, 5.74) is 1.90. The number of amides is 1. The molecule has 4 heterocycles. The topological polar surface area (TPSA) is 103 Å². The maximum Gasteiger partial charge on any atom is 0.287 e. The number of hydrogen-bond donors (Lipinski definition) is 3. The number of aromatic amines is 1. The molecular formula is C29H25FN6O2S. The molecule has 10 heteroatoms. The molecule has 0 aliphatic carbocycles. The Hall–Kier alpha value is -4.41. The average molecular weight is 541 g/mol. The van der Waals surface area contributed by atoms with Crippen molar-refractivity contribution in [1.82, 2.24) is 20.1 Å². The van der Waals surface area contributed by atoms with Gasteiger partial charge in [0.25, 0.3) is 11.5 Å². The number of fused-ring (bicyclic) bond motifs is 1. The minimum absolute atomic E-state index is 0.0210. The lowest BCUT2D eigenvalue weighted by Crippen LogP contribution is -2.18. The zero-order valence-electron chi connectivity index (χ0n) is 20.9. The molecule has 0 atom stereocenters. The first-order valence-corrected chi connectivity index (χ1v) is 13.5. The van der Waals surface area contributed by atoms with Gasteiger partial charge in [0.05, 0.1) is 16.3 Å². The summed E-state index contributed by atoms with van der Waals surface area (Å²) in [6, 6.07) is 19.2. The summed E-state index contributed by atoms with van der Waals surface area (Å²) in [6.07, 6.45) is 4.27. The van der Waals surface area contributed by atoms with Crippen LogP contribution in [0.1, 0.15) is 28.1 Å². The molecule has 3 aromatic heterocycles. The molecule has 3 N–H and O–H groups in total. The van der Waals surface area contributed by atoms with Crippen LogP contribution in [0.15, 0.2) is 77.7 Å². The van der Waals surface area contributed by atoms with Crippen LogP contribution in [-0.4, -0.2) is 39.1 Å². The van der Waals surface area contributed by atoms with Crippen molar-refractivity contribution in [2.45, 2.75) is 19.4 Å². The molecule has 1 aliphatic heterocycles. The van der Waals surface area contributed by atoms with E-state index in [0.29, 0.717) is 22.0 Å². The number of halogens is 1. The molecule has 39 heavy (non-hydrogen) atoms. The molecule has 196 valence electrons. The van der Waals surface area contributed by atoms with Crippen LogP contribution >= 0.6 is 11.3 Å². The Morgan fingerprint density at radius 1 is 1.03 bits per heavy atom. The largest absolute Gasteiger partial charge is 0.336 e. The molecule has 8 nitrogen and oxygen atoms in total. The second-order valence-electron chi connectivity index (χ2n) is 9.45. The molecule has 0 radical (unpaired) electrons. The van der Waals surface area contributed by atoms with Gasteiger partial charge in [-0.15, -0.1) is 11.3 Å². The van der Waals surface area contributed by atoms with Gasteiger partial charge in [0, 0.05) is 23.0 Å². The van der Waals surface area contributed by atoms with Gasteiger partial charge in [-0.2, -0.15) is 5.10 Å². The van der Waals surface area contributed by atoms with Crippen molar-refractivity contribution in [3.8, 4) is 11.3 Å². The first kappa shape index (κ1) is 24.9. The highest BCUT2D eigenvalue weighted by Crippen LogP contribution is 2.28. The van der Waals surface area contributed by atoms with E-state index in [1.807, 2.05) is 42.6 Å². The van der Waals surface area contributed by atoms with Crippen LogP contribution in [0.4, 0.5) is 21.6 Å². The minimum Gasteiger partial charge on any atom is -0.336 e. The van der Waals surface area contributed by atoms with Gasteiger partial charge in [0.2, 0.25) is 0 Å². The number of nitrogens with zero attached hydrogens (tertiary/aromatic N) is 3. The monoisotopic (exact) mass is 540 g/mol. The molecule has 0 spiro atoms. The molecule has 6 rings (SSSR count). The SMILES string of the molecule is O=C(Nc1cc(-c2cc(Nc3ccc(CN4CCCC4)cn3)c(=O)[nH]n2)ccc1F)c1cc2ccccc2s1. The second kappa shape index (κ2) is 10.8. The van der Waals surface area contributed by atoms with Crippen LogP contribution in [0.5, 0.6) is 0 Å². The molecule has 1 aliphatic rings. The van der Waals surface area contributed by atoms with Crippen LogP contribution in [0.25, 0.3) is 21.3 Å². The summed E-state index contributed by atoms with van der Waals surface area (Å²) in [7, 11) is 0. The summed E-state index contributed by atoms with van der Waals surface area (Å²) >= 11 is 1.34. The Morgan fingerprint density at radius 3 is 2.67 bits per heavy atom. The highest BCUT2D eigenvalue weighted by molar-refractivity contribution is 7.20. The molecule has 1 fully saturated rings. The third-order valence-electron chi connectivity index (χ3n) is 6.66. The lowest BCUT2D eigenvalue weighted by molar-refractivity contribution is 0.103. The fourth-order valence-corrected chi connectivity index (χ4v) is 5.59. The van der Waals surface area contributed by atoms with E-state index in [-0.39, 0.29) is 11.4 Å². The molecule has 0 unspecified atom stereocenters. The average Bonchev–Trinajstić information content (AvgIpc) is 3.62. The summed E-state index contributed by atoms with van der Waals surface area (Å²) in [6.45, 7) is 3.07. The minimum atomic E-state index is -0.575. The van der Waals surface area contributed by atoms with Crippen molar-refractivity contribution in [1.29, 1.82) is 0 Å². The van der Waals surface area contributed by atoms with Crippen LogP contribution in [0.2, 0.25) is 0 Å². The number of likely N-dealkylation sites (tertiary alicyclic amines) is 1. The predicted octanol–water partition coefficient (Wildman–Crippen LogP) is 5.78. The van der Waals surface area contributed by atoms with E-state index in [0.717, 1.165) is 35.3 Å². The highest BCUT2D eigenvalue weighted by Gasteiger charge is 2.15. The lowest BCUT2D eigenvalue weighted by Gasteiger charge is -2.14. The van der Waals surface area contributed by atoms with Crippen molar-refractivity contribution in [3.05, 3.63) is 99.5 Å². The maximum atomic E-state index is 14.6. The van der Waals surface area contributed by atoms with Crippen LogP contribution in [0, 0.1) is 5.82 Å². The Bertz CT molecular complexity index is 1680. The van der Waals surface area contributed by atoms with Gasteiger partial charge >= 0.3 is 0 Å². The van der Waals surface area contributed by atoms with Gasteiger partial charge in [0.15, 0.2) is 0 Å². The van der Waals surface area contributed by atoms with Crippen LogP contribution in [-0.2, 0) is 6.54 Å². The van der Waals surface area contributed by atoms with Gasteiger partial charge in [-0.1, -0.05) is 24.3 Å². The third-order valence-corrected chi connectivity index (χ3v) is 7.77. The Morgan fingerprint density at radius 2 is 1.87 bits per heavy atom. The first-order chi connectivity index (χ1) is 19.0. The molecule has 0 saturated carbocycles. The summed E-state index contributed by atoms with van der Waals surface area (Å²) in [4.78, 5) is 32.7. The van der Waals surface area contributed by atoms with Crippen molar-refractivity contribution < 1.29 is 9.18 Å². The van der Waals surface area contributed by atoms with Gasteiger partial charge in [-0.05, 0) is 79.3 Å². The van der Waals surface area contributed by atoms with E-state index >= 15 is 0 Å².